The van der Waals surface area contributed by atoms with Gasteiger partial charge in [0.2, 0.25) is 5.91 Å². The van der Waals surface area contributed by atoms with Gasteiger partial charge in [0, 0.05) is 19.7 Å². The first-order chi connectivity index (χ1) is 8.99. The van der Waals surface area contributed by atoms with Gasteiger partial charge in [-0.3, -0.25) is 9.59 Å². The van der Waals surface area contributed by atoms with Gasteiger partial charge in [-0.1, -0.05) is 0 Å². The monoisotopic (exact) mass is 260 g/mol. The molecule has 1 aromatic carbocycles. The van der Waals surface area contributed by atoms with Gasteiger partial charge in [0.15, 0.2) is 0 Å². The third kappa shape index (κ3) is 2.73. The van der Waals surface area contributed by atoms with Crippen LogP contribution < -0.4 is 5.32 Å². The van der Waals surface area contributed by atoms with Crippen molar-refractivity contribution in [3.05, 3.63) is 30.1 Å². The molecule has 0 aliphatic rings. The van der Waals surface area contributed by atoms with E-state index in [0.717, 1.165) is 11.0 Å². The number of fused-ring (bicyclic) bond motifs is 1. The summed E-state index contributed by atoms with van der Waals surface area (Å²) in [5.74, 6) is -0.421. The Balaban J connectivity index is 2.13. The zero-order valence-electron chi connectivity index (χ0n) is 11.1. The molecule has 0 saturated carbocycles. The number of aromatic amines is 1. The van der Waals surface area contributed by atoms with Crippen molar-refractivity contribution in [1.82, 2.24) is 20.2 Å². The molecule has 2 N–H and O–H groups in total. The highest BCUT2D eigenvalue weighted by Crippen LogP contribution is 2.11. The van der Waals surface area contributed by atoms with E-state index in [9.17, 15) is 9.59 Å². The van der Waals surface area contributed by atoms with Gasteiger partial charge in [0.1, 0.15) is 6.04 Å². The summed E-state index contributed by atoms with van der Waals surface area (Å²) < 4.78 is 0. The second-order valence-corrected chi connectivity index (χ2v) is 4.56. The van der Waals surface area contributed by atoms with E-state index < -0.39 is 6.04 Å². The van der Waals surface area contributed by atoms with Crippen LogP contribution in [0.3, 0.4) is 0 Å². The lowest BCUT2D eigenvalue weighted by molar-refractivity contribution is -0.130. The molecule has 0 saturated heterocycles. The molecule has 6 nitrogen and oxygen atoms in total. The van der Waals surface area contributed by atoms with Crippen molar-refractivity contribution in [3.63, 3.8) is 0 Å². The zero-order valence-corrected chi connectivity index (χ0v) is 11.1. The molecular formula is C13H16N4O2. The molecule has 100 valence electrons. The Kier molecular flexibility index (Phi) is 3.50. The van der Waals surface area contributed by atoms with Crippen molar-refractivity contribution in [3.8, 4) is 0 Å². The Morgan fingerprint density at radius 1 is 1.37 bits per heavy atom. The van der Waals surface area contributed by atoms with E-state index in [0.29, 0.717) is 5.56 Å². The van der Waals surface area contributed by atoms with Gasteiger partial charge < -0.3 is 15.2 Å². The van der Waals surface area contributed by atoms with E-state index in [-0.39, 0.29) is 11.8 Å². The van der Waals surface area contributed by atoms with Crippen LogP contribution in [0.2, 0.25) is 0 Å². The summed E-state index contributed by atoms with van der Waals surface area (Å²) in [5.41, 5.74) is 2.09. The molecule has 1 aromatic heterocycles. The van der Waals surface area contributed by atoms with Crippen LogP contribution in [0.4, 0.5) is 0 Å². The summed E-state index contributed by atoms with van der Waals surface area (Å²) in [6.07, 6.45) is 1.57. The molecule has 1 unspecified atom stereocenters. The first-order valence-electron chi connectivity index (χ1n) is 5.94. The molecule has 19 heavy (non-hydrogen) atoms. The first kappa shape index (κ1) is 13.1. The highest BCUT2D eigenvalue weighted by molar-refractivity contribution is 5.99. The molecule has 2 rings (SSSR count). The highest BCUT2D eigenvalue weighted by Gasteiger charge is 2.18. The fraction of sp³-hybridized carbons (Fsp3) is 0.308. The molecule has 0 aliphatic carbocycles. The molecule has 2 amide bonds. The van der Waals surface area contributed by atoms with Gasteiger partial charge in [-0.05, 0) is 25.1 Å². The van der Waals surface area contributed by atoms with Gasteiger partial charge in [0.25, 0.3) is 5.91 Å². The van der Waals surface area contributed by atoms with Crippen LogP contribution in [0, 0.1) is 0 Å². The number of nitrogens with one attached hydrogen (secondary N) is 2. The second kappa shape index (κ2) is 5.09. The Labute approximate surface area is 110 Å². The zero-order chi connectivity index (χ0) is 14.0. The van der Waals surface area contributed by atoms with Crippen molar-refractivity contribution in [1.29, 1.82) is 0 Å². The molecule has 0 fully saturated rings. The minimum atomic E-state index is -0.556. The SMILES string of the molecule is CC(NC(=O)c1ccc2nc[nH]c2c1)C(=O)N(C)C. The number of hydrogen-bond acceptors (Lipinski definition) is 3. The summed E-state index contributed by atoms with van der Waals surface area (Å²) in [6.45, 7) is 1.66. The van der Waals surface area contributed by atoms with Crippen LogP contribution in [-0.4, -0.2) is 46.8 Å². The summed E-state index contributed by atoms with van der Waals surface area (Å²) in [7, 11) is 3.31. The molecule has 6 heteroatoms. The summed E-state index contributed by atoms with van der Waals surface area (Å²) in [5, 5.41) is 2.67. The maximum Gasteiger partial charge on any atom is 0.251 e. The minimum Gasteiger partial charge on any atom is -0.347 e. The van der Waals surface area contributed by atoms with Crippen LogP contribution in [0.25, 0.3) is 11.0 Å². The number of imidazole rings is 1. The normalized spacial score (nSPS) is 12.2. The van der Waals surface area contributed by atoms with Crippen molar-refractivity contribution >= 4 is 22.8 Å². The summed E-state index contributed by atoms with van der Waals surface area (Å²) in [6, 6.07) is 4.61. The van der Waals surface area contributed by atoms with E-state index in [1.165, 1.54) is 4.90 Å². The lowest BCUT2D eigenvalue weighted by Gasteiger charge is -2.17. The van der Waals surface area contributed by atoms with Gasteiger partial charge in [-0.25, -0.2) is 4.98 Å². The number of hydrogen-bond donors (Lipinski definition) is 2. The minimum absolute atomic E-state index is 0.143. The number of H-pyrrole nitrogens is 1. The van der Waals surface area contributed by atoms with Gasteiger partial charge in [-0.2, -0.15) is 0 Å². The quantitative estimate of drug-likeness (QED) is 0.855. The van der Waals surface area contributed by atoms with Crippen LogP contribution in [0.5, 0.6) is 0 Å². The van der Waals surface area contributed by atoms with E-state index in [2.05, 4.69) is 15.3 Å². The van der Waals surface area contributed by atoms with Crippen LogP contribution in [0.15, 0.2) is 24.5 Å². The van der Waals surface area contributed by atoms with Crippen LogP contribution in [0.1, 0.15) is 17.3 Å². The lowest BCUT2D eigenvalue weighted by atomic mass is 10.1. The van der Waals surface area contributed by atoms with E-state index in [1.54, 1.807) is 45.5 Å². The average Bonchev–Trinajstić information content (AvgIpc) is 2.84. The standard InChI is InChI=1S/C13H16N4O2/c1-8(13(19)17(2)3)16-12(18)9-4-5-10-11(6-9)15-7-14-10/h4-8H,1-3H3,(H,14,15)(H,16,18). The third-order valence-corrected chi connectivity index (χ3v) is 2.84. The number of carbonyl (C=O) groups excluding carboxylic acids is 2. The first-order valence-corrected chi connectivity index (χ1v) is 5.94. The Hall–Kier alpha value is -2.37. The third-order valence-electron chi connectivity index (χ3n) is 2.84. The van der Waals surface area contributed by atoms with Crippen molar-refractivity contribution in [2.45, 2.75) is 13.0 Å². The number of benzene rings is 1. The second-order valence-electron chi connectivity index (χ2n) is 4.56. The molecule has 0 bridgehead atoms. The predicted molar refractivity (Wildman–Crippen MR) is 71.7 cm³/mol. The van der Waals surface area contributed by atoms with Crippen LogP contribution in [-0.2, 0) is 4.79 Å². The van der Waals surface area contributed by atoms with Crippen molar-refractivity contribution in [2.75, 3.05) is 14.1 Å². The smallest absolute Gasteiger partial charge is 0.251 e. The molecule has 1 atom stereocenters. The van der Waals surface area contributed by atoms with Crippen molar-refractivity contribution < 1.29 is 9.59 Å². The van der Waals surface area contributed by atoms with E-state index >= 15 is 0 Å². The lowest BCUT2D eigenvalue weighted by Crippen LogP contribution is -2.44. The summed E-state index contributed by atoms with van der Waals surface area (Å²) in [4.78, 5) is 32.2. The number of rotatable bonds is 3. The number of nitrogens with zero attached hydrogens (tertiary/aromatic N) is 2. The maximum absolute atomic E-state index is 12.0. The van der Waals surface area contributed by atoms with E-state index in [4.69, 9.17) is 0 Å². The maximum atomic E-state index is 12.0. The van der Waals surface area contributed by atoms with Gasteiger partial charge in [0.05, 0.1) is 17.4 Å². The van der Waals surface area contributed by atoms with Crippen molar-refractivity contribution in [2.24, 2.45) is 0 Å². The fourth-order valence-electron chi connectivity index (χ4n) is 1.81. The highest BCUT2D eigenvalue weighted by atomic mass is 16.2. The molecule has 0 spiro atoms. The fourth-order valence-corrected chi connectivity index (χ4v) is 1.81. The summed E-state index contributed by atoms with van der Waals surface area (Å²) >= 11 is 0. The van der Waals surface area contributed by atoms with Crippen LogP contribution >= 0.6 is 0 Å². The number of amides is 2. The largest absolute Gasteiger partial charge is 0.347 e. The topological polar surface area (TPSA) is 78.1 Å². The molecule has 1 heterocycles. The average molecular weight is 260 g/mol. The predicted octanol–water partition coefficient (Wildman–Crippen LogP) is 0.769. The van der Waals surface area contributed by atoms with E-state index in [1.807, 2.05) is 0 Å². The van der Waals surface area contributed by atoms with Gasteiger partial charge >= 0.3 is 0 Å². The Bertz CT molecular complexity index is 618. The molecule has 2 aromatic rings. The number of aromatic nitrogens is 2. The molecular weight excluding hydrogens is 244 g/mol. The molecule has 0 radical (unpaired) electrons. The molecule has 0 aliphatic heterocycles. The Morgan fingerprint density at radius 2 is 2.11 bits per heavy atom. The Morgan fingerprint density at radius 3 is 2.79 bits per heavy atom. The number of likely N-dealkylation sites (N-methyl/N-ethyl adjacent to an activating group) is 1. The number of carbonyl (C=O) groups is 2. The van der Waals surface area contributed by atoms with Gasteiger partial charge in [-0.15, -0.1) is 0 Å².